The molecule has 7 heteroatoms. The normalized spacial score (nSPS) is 17.4. The molecule has 0 atom stereocenters. The van der Waals surface area contributed by atoms with E-state index in [1.165, 1.54) is 11.1 Å². The molecule has 29 heavy (non-hydrogen) atoms. The third kappa shape index (κ3) is 4.40. The van der Waals surface area contributed by atoms with Crippen LogP contribution >= 0.6 is 11.8 Å². The standard InChI is InChI=1S/C22H26N4O2S/c1-3-22(4-2)15-29-20(25-22)24-18-9-10-19(23-13-18)28-21(27)26-12-11-16-7-5-6-8-17(16)14-26/h5-10,13H,3-4,11-12,14-15H2,1-2H3,(H,24,25). The van der Waals surface area contributed by atoms with Crippen molar-refractivity contribution in [2.24, 2.45) is 4.99 Å². The van der Waals surface area contributed by atoms with Crippen molar-refractivity contribution in [3.05, 3.63) is 53.7 Å². The Balaban J connectivity index is 1.35. The van der Waals surface area contributed by atoms with Crippen LogP contribution in [0, 0.1) is 0 Å². The lowest BCUT2D eigenvalue weighted by Crippen LogP contribution is -2.37. The van der Waals surface area contributed by atoms with Crippen LogP contribution in [0.1, 0.15) is 37.8 Å². The Morgan fingerprint density at radius 2 is 2.00 bits per heavy atom. The number of aromatic nitrogens is 1. The maximum Gasteiger partial charge on any atom is 0.416 e. The highest BCUT2D eigenvalue weighted by atomic mass is 32.2. The molecule has 0 saturated carbocycles. The van der Waals surface area contributed by atoms with Gasteiger partial charge in [-0.15, -0.1) is 0 Å². The number of hydrogen-bond donors (Lipinski definition) is 1. The number of pyridine rings is 1. The number of benzene rings is 1. The largest absolute Gasteiger partial charge is 0.416 e. The first kappa shape index (κ1) is 19.8. The van der Waals surface area contributed by atoms with Crippen LogP contribution in [0.5, 0.6) is 5.88 Å². The minimum Gasteiger partial charge on any atom is -0.391 e. The zero-order valence-corrected chi connectivity index (χ0v) is 17.7. The summed E-state index contributed by atoms with van der Waals surface area (Å²) in [6.45, 7) is 5.59. The van der Waals surface area contributed by atoms with Crippen molar-refractivity contribution < 1.29 is 9.53 Å². The second kappa shape index (κ2) is 8.45. The molecule has 1 N–H and O–H groups in total. The lowest BCUT2D eigenvalue weighted by Gasteiger charge is -2.27. The minimum absolute atomic E-state index is 0.0446. The fraction of sp³-hybridized carbons (Fsp3) is 0.409. The van der Waals surface area contributed by atoms with Crippen molar-refractivity contribution in [2.45, 2.75) is 45.2 Å². The number of carbonyl (C=O) groups is 1. The Kier molecular flexibility index (Phi) is 5.76. The average molecular weight is 411 g/mol. The molecule has 0 unspecified atom stereocenters. The topological polar surface area (TPSA) is 66.8 Å². The van der Waals surface area contributed by atoms with E-state index in [2.05, 4.69) is 36.3 Å². The summed E-state index contributed by atoms with van der Waals surface area (Å²) < 4.78 is 5.47. The first-order valence-electron chi connectivity index (χ1n) is 10.1. The van der Waals surface area contributed by atoms with E-state index in [1.54, 1.807) is 28.9 Å². The van der Waals surface area contributed by atoms with E-state index in [0.29, 0.717) is 19.0 Å². The van der Waals surface area contributed by atoms with Crippen LogP contribution < -0.4 is 10.1 Å². The van der Waals surface area contributed by atoms with Gasteiger partial charge >= 0.3 is 6.09 Å². The van der Waals surface area contributed by atoms with Crippen molar-refractivity contribution in [1.82, 2.24) is 9.88 Å². The van der Waals surface area contributed by atoms with Gasteiger partial charge in [-0.05, 0) is 36.5 Å². The van der Waals surface area contributed by atoms with Crippen molar-refractivity contribution in [1.29, 1.82) is 0 Å². The van der Waals surface area contributed by atoms with Gasteiger partial charge in [0.2, 0.25) is 5.88 Å². The number of ether oxygens (including phenoxy) is 1. The molecule has 4 rings (SSSR count). The number of anilines is 1. The number of fused-ring (bicyclic) bond motifs is 1. The summed E-state index contributed by atoms with van der Waals surface area (Å²) in [5.41, 5.74) is 3.36. The molecule has 1 aromatic carbocycles. The molecular weight excluding hydrogens is 384 g/mol. The summed E-state index contributed by atoms with van der Waals surface area (Å²) in [5.74, 6) is 1.31. The molecule has 1 aromatic heterocycles. The molecule has 0 aliphatic carbocycles. The molecule has 1 amide bonds. The van der Waals surface area contributed by atoms with Crippen LogP contribution in [0.3, 0.4) is 0 Å². The van der Waals surface area contributed by atoms with E-state index in [4.69, 9.17) is 9.73 Å². The van der Waals surface area contributed by atoms with Gasteiger partial charge in [0.15, 0.2) is 5.17 Å². The van der Waals surface area contributed by atoms with E-state index in [1.807, 2.05) is 18.2 Å². The second-order valence-corrected chi connectivity index (χ2v) is 8.42. The predicted molar refractivity (Wildman–Crippen MR) is 118 cm³/mol. The molecule has 0 fully saturated rings. The smallest absolute Gasteiger partial charge is 0.391 e. The average Bonchev–Trinajstić information content (AvgIpc) is 3.18. The third-order valence-electron chi connectivity index (χ3n) is 5.70. The van der Waals surface area contributed by atoms with Crippen molar-refractivity contribution >= 4 is 28.7 Å². The molecule has 0 radical (unpaired) electrons. The lowest BCUT2D eigenvalue weighted by atomic mass is 9.97. The Hall–Kier alpha value is -2.54. The van der Waals surface area contributed by atoms with Crippen molar-refractivity contribution in [3.63, 3.8) is 0 Å². The van der Waals surface area contributed by atoms with Crippen molar-refractivity contribution in [3.8, 4) is 5.88 Å². The van der Waals surface area contributed by atoms with Gasteiger partial charge < -0.3 is 15.0 Å². The molecule has 0 saturated heterocycles. The maximum atomic E-state index is 12.5. The zero-order chi connectivity index (χ0) is 20.3. The molecular formula is C22H26N4O2S. The van der Waals surface area contributed by atoms with Gasteiger partial charge in [-0.3, -0.25) is 4.99 Å². The summed E-state index contributed by atoms with van der Waals surface area (Å²) in [6, 6.07) is 11.8. The first-order chi connectivity index (χ1) is 14.1. The number of nitrogens with one attached hydrogen (secondary N) is 1. The molecule has 2 aliphatic rings. The molecule has 3 heterocycles. The Bertz CT molecular complexity index is 909. The Labute approximate surface area is 175 Å². The van der Waals surface area contributed by atoms with Crippen LogP contribution in [0.4, 0.5) is 10.5 Å². The van der Waals surface area contributed by atoms with E-state index >= 15 is 0 Å². The van der Waals surface area contributed by atoms with E-state index in [0.717, 1.165) is 35.9 Å². The molecule has 152 valence electrons. The van der Waals surface area contributed by atoms with Gasteiger partial charge in [-0.2, -0.15) is 0 Å². The van der Waals surface area contributed by atoms with Gasteiger partial charge in [0.1, 0.15) is 0 Å². The maximum absolute atomic E-state index is 12.5. The number of amidine groups is 1. The number of thioether (sulfide) groups is 1. The summed E-state index contributed by atoms with van der Waals surface area (Å²) in [5, 5.41) is 4.24. The second-order valence-electron chi connectivity index (χ2n) is 7.46. The van der Waals surface area contributed by atoms with Crippen molar-refractivity contribution in [2.75, 3.05) is 17.6 Å². The summed E-state index contributed by atoms with van der Waals surface area (Å²) in [6.07, 6.45) is 4.23. The highest BCUT2D eigenvalue weighted by Gasteiger charge is 2.32. The SMILES string of the molecule is CCC1(CC)CSC(Nc2ccc(OC(=O)N3CCc4ccccc4C3)nc2)=N1. The van der Waals surface area contributed by atoms with Crippen LogP contribution in [-0.2, 0) is 13.0 Å². The fourth-order valence-electron chi connectivity index (χ4n) is 3.60. The lowest BCUT2D eigenvalue weighted by molar-refractivity contribution is 0.145. The molecule has 2 aliphatic heterocycles. The number of nitrogens with zero attached hydrogens (tertiary/aromatic N) is 3. The monoisotopic (exact) mass is 410 g/mol. The van der Waals surface area contributed by atoms with Crippen LogP contribution in [-0.4, -0.2) is 39.0 Å². The molecule has 6 nitrogen and oxygen atoms in total. The fourth-order valence-corrected chi connectivity index (χ4v) is 4.93. The van der Waals surface area contributed by atoms with Crippen LogP contribution in [0.15, 0.2) is 47.6 Å². The van der Waals surface area contributed by atoms with Gasteiger partial charge in [0.25, 0.3) is 0 Å². The number of carbonyl (C=O) groups excluding carboxylic acids is 1. The van der Waals surface area contributed by atoms with Crippen LogP contribution in [0.25, 0.3) is 0 Å². The van der Waals surface area contributed by atoms with E-state index in [9.17, 15) is 4.79 Å². The summed E-state index contributed by atoms with van der Waals surface area (Å²) in [4.78, 5) is 23.4. The highest BCUT2D eigenvalue weighted by Crippen LogP contribution is 2.33. The quantitative estimate of drug-likeness (QED) is 0.790. The Morgan fingerprint density at radius 1 is 1.21 bits per heavy atom. The molecule has 0 spiro atoms. The third-order valence-corrected chi connectivity index (χ3v) is 6.85. The minimum atomic E-state index is -0.362. The first-order valence-corrected chi connectivity index (χ1v) is 11.1. The van der Waals surface area contributed by atoms with Crippen LogP contribution in [0.2, 0.25) is 0 Å². The predicted octanol–water partition coefficient (Wildman–Crippen LogP) is 4.71. The number of hydrogen-bond acceptors (Lipinski definition) is 6. The highest BCUT2D eigenvalue weighted by molar-refractivity contribution is 8.14. The van der Waals surface area contributed by atoms with Gasteiger partial charge in [0.05, 0.1) is 17.4 Å². The Morgan fingerprint density at radius 3 is 2.69 bits per heavy atom. The molecule has 0 bridgehead atoms. The van der Waals surface area contributed by atoms with Gasteiger partial charge in [0, 0.05) is 24.9 Å². The number of rotatable bonds is 4. The summed E-state index contributed by atoms with van der Waals surface area (Å²) >= 11 is 1.74. The van der Waals surface area contributed by atoms with E-state index in [-0.39, 0.29) is 11.6 Å². The zero-order valence-electron chi connectivity index (χ0n) is 16.9. The van der Waals surface area contributed by atoms with E-state index < -0.39 is 0 Å². The number of aliphatic imine (C=N–C) groups is 1. The van der Waals surface area contributed by atoms with Gasteiger partial charge in [-0.25, -0.2) is 9.78 Å². The number of amides is 1. The summed E-state index contributed by atoms with van der Waals surface area (Å²) in [7, 11) is 0. The van der Waals surface area contributed by atoms with Gasteiger partial charge in [-0.1, -0.05) is 49.9 Å². The molecule has 2 aromatic rings.